The van der Waals surface area contributed by atoms with E-state index in [0.717, 1.165) is 42.9 Å². The average molecular weight is 497 g/mol. The second kappa shape index (κ2) is 9.51. The van der Waals surface area contributed by atoms with Gasteiger partial charge in [0.25, 0.3) is 0 Å². The normalized spacial score (nSPS) is 40.7. The average Bonchev–Trinajstić information content (AvgIpc) is 3.07. The van der Waals surface area contributed by atoms with Gasteiger partial charge in [0.1, 0.15) is 6.10 Å². The molecule has 9 atom stereocenters. The van der Waals surface area contributed by atoms with Crippen molar-refractivity contribution in [3.05, 3.63) is 23.3 Å². The number of fused-ring (bicyclic) bond motifs is 6. The number of carbonyl (C=O) groups is 2. The van der Waals surface area contributed by atoms with Gasteiger partial charge >= 0.3 is 12.1 Å². The molecule has 0 heterocycles. The summed E-state index contributed by atoms with van der Waals surface area (Å²) in [6, 6.07) is -0.853. The summed E-state index contributed by atoms with van der Waals surface area (Å²) < 4.78 is 5.59. The number of alkyl carbamates (subject to hydrolysis) is 1. The maximum Gasteiger partial charge on any atom is 0.415 e. The Labute approximate surface area is 218 Å². The Balaban J connectivity index is 1.26. The Morgan fingerprint density at radius 1 is 1.14 bits per heavy atom. The van der Waals surface area contributed by atoms with Crippen LogP contribution in [0.3, 0.4) is 0 Å². The molecule has 5 heteroatoms. The zero-order valence-corrected chi connectivity index (χ0v) is 23.1. The van der Waals surface area contributed by atoms with E-state index < -0.39 is 12.1 Å². The molecule has 0 aromatic rings. The number of hydrogen-bond acceptors (Lipinski definition) is 3. The number of hydrogen-bond donors (Lipinski definition) is 2. The molecule has 3 fully saturated rings. The fraction of sp³-hybridized carbons (Fsp3) is 0.806. The fourth-order valence-electron chi connectivity index (χ4n) is 9.73. The van der Waals surface area contributed by atoms with E-state index >= 15 is 0 Å². The molecule has 3 amide bonds. The molecule has 5 aliphatic carbocycles. The first kappa shape index (κ1) is 25.9. The molecule has 0 aromatic heterocycles. The van der Waals surface area contributed by atoms with Crippen molar-refractivity contribution in [2.45, 2.75) is 105 Å². The minimum absolute atomic E-state index is 0.133. The van der Waals surface area contributed by atoms with Crippen LogP contribution in [0.25, 0.3) is 0 Å². The van der Waals surface area contributed by atoms with E-state index in [1.54, 1.807) is 11.1 Å². The zero-order valence-electron chi connectivity index (χ0n) is 23.1. The molecule has 200 valence electrons. The fourth-order valence-corrected chi connectivity index (χ4v) is 9.73. The van der Waals surface area contributed by atoms with E-state index in [0.29, 0.717) is 28.6 Å². The molecule has 0 radical (unpaired) electrons. The number of primary amides is 1. The van der Waals surface area contributed by atoms with Gasteiger partial charge in [-0.25, -0.2) is 14.9 Å². The quantitative estimate of drug-likeness (QED) is 0.377. The summed E-state index contributed by atoms with van der Waals surface area (Å²) in [6.07, 6.45) is 16.3. The van der Waals surface area contributed by atoms with Crippen LogP contribution < -0.4 is 11.1 Å². The molecule has 36 heavy (non-hydrogen) atoms. The standard InChI is InChI=1S/C31H48N2O3/c1-18(2)19(3)8-6-9-20(4)24-12-13-26-30(24,5)14-7-15-31(26)25-16-21-10-11-22(17-23(21)27(25)31)36-29(35)33-28(32)34/h6,8,18-20,22,24-27H,7,9-17H2,1-5H3,(H3,32,33,34,35). The van der Waals surface area contributed by atoms with Crippen molar-refractivity contribution in [2.75, 3.05) is 0 Å². The number of imide groups is 1. The van der Waals surface area contributed by atoms with E-state index in [4.69, 9.17) is 10.5 Å². The van der Waals surface area contributed by atoms with Gasteiger partial charge < -0.3 is 10.5 Å². The Morgan fingerprint density at radius 2 is 1.92 bits per heavy atom. The minimum Gasteiger partial charge on any atom is -0.446 e. The lowest BCUT2D eigenvalue weighted by Crippen LogP contribution is -2.42. The first-order valence-corrected chi connectivity index (χ1v) is 14.7. The molecule has 9 unspecified atom stereocenters. The molecule has 0 aliphatic heterocycles. The largest absolute Gasteiger partial charge is 0.446 e. The number of amides is 3. The third-order valence-electron chi connectivity index (χ3n) is 11.6. The Kier molecular flexibility index (Phi) is 6.83. The molecule has 3 saturated carbocycles. The highest BCUT2D eigenvalue weighted by Gasteiger charge is 2.75. The van der Waals surface area contributed by atoms with Gasteiger partial charge in [-0.15, -0.1) is 0 Å². The zero-order chi connectivity index (χ0) is 25.8. The number of nitrogens with one attached hydrogen (secondary N) is 1. The van der Waals surface area contributed by atoms with Gasteiger partial charge in [0, 0.05) is 6.42 Å². The van der Waals surface area contributed by atoms with Gasteiger partial charge in [-0.1, -0.05) is 64.3 Å². The first-order chi connectivity index (χ1) is 17.1. The summed E-state index contributed by atoms with van der Waals surface area (Å²) in [5.41, 5.74) is 9.33. The van der Waals surface area contributed by atoms with Crippen molar-refractivity contribution >= 4 is 12.1 Å². The molecule has 1 spiro atoms. The van der Waals surface area contributed by atoms with E-state index in [2.05, 4.69) is 52.1 Å². The van der Waals surface area contributed by atoms with Crippen LogP contribution in [0.2, 0.25) is 0 Å². The molecule has 3 N–H and O–H groups in total. The van der Waals surface area contributed by atoms with Crippen LogP contribution in [0, 0.1) is 52.3 Å². The van der Waals surface area contributed by atoms with Crippen molar-refractivity contribution in [1.29, 1.82) is 0 Å². The van der Waals surface area contributed by atoms with Gasteiger partial charge in [-0.05, 0) is 104 Å². The summed E-state index contributed by atoms with van der Waals surface area (Å²) in [5.74, 6) is 5.31. The second-order valence-corrected chi connectivity index (χ2v) is 13.6. The monoisotopic (exact) mass is 496 g/mol. The minimum atomic E-state index is -0.853. The highest BCUT2D eigenvalue weighted by molar-refractivity contribution is 5.89. The van der Waals surface area contributed by atoms with Crippen molar-refractivity contribution < 1.29 is 14.3 Å². The first-order valence-electron chi connectivity index (χ1n) is 14.7. The summed E-state index contributed by atoms with van der Waals surface area (Å²) in [5, 5.41) is 2.06. The molecule has 0 aromatic carbocycles. The summed E-state index contributed by atoms with van der Waals surface area (Å²) >= 11 is 0. The van der Waals surface area contributed by atoms with Crippen LogP contribution in [0.1, 0.15) is 98.8 Å². The van der Waals surface area contributed by atoms with Crippen molar-refractivity contribution in [1.82, 2.24) is 5.32 Å². The van der Waals surface area contributed by atoms with E-state index in [9.17, 15) is 9.59 Å². The molecule has 0 saturated heterocycles. The van der Waals surface area contributed by atoms with Crippen molar-refractivity contribution in [2.24, 2.45) is 58.0 Å². The van der Waals surface area contributed by atoms with Gasteiger partial charge in [0.2, 0.25) is 0 Å². The Morgan fingerprint density at radius 3 is 2.64 bits per heavy atom. The highest BCUT2D eigenvalue weighted by Crippen LogP contribution is 2.82. The summed E-state index contributed by atoms with van der Waals surface area (Å²) in [4.78, 5) is 23.0. The van der Waals surface area contributed by atoms with Crippen LogP contribution in [-0.4, -0.2) is 18.2 Å². The van der Waals surface area contributed by atoms with Gasteiger partial charge in [-0.3, -0.25) is 0 Å². The van der Waals surface area contributed by atoms with Gasteiger partial charge in [0.05, 0.1) is 0 Å². The topological polar surface area (TPSA) is 81.4 Å². The van der Waals surface area contributed by atoms with Crippen LogP contribution in [-0.2, 0) is 4.74 Å². The highest BCUT2D eigenvalue weighted by atomic mass is 16.6. The lowest BCUT2D eigenvalue weighted by molar-refractivity contribution is 0.00582. The van der Waals surface area contributed by atoms with Crippen LogP contribution in [0.15, 0.2) is 23.3 Å². The third-order valence-corrected chi connectivity index (χ3v) is 11.6. The maximum atomic E-state index is 12.0. The molecule has 5 aliphatic rings. The molecular weight excluding hydrogens is 448 g/mol. The second-order valence-electron chi connectivity index (χ2n) is 13.6. The molecule has 0 bridgehead atoms. The van der Waals surface area contributed by atoms with Gasteiger partial charge in [-0.2, -0.15) is 0 Å². The SMILES string of the molecule is CC(C)C(C)C=CCC(C)C1CCC2C1(C)CCCC21C2CC3=C(CC(OC(=O)NC(N)=O)CC3)C21. The molecule has 5 rings (SSSR count). The molecule has 5 nitrogen and oxygen atoms in total. The van der Waals surface area contributed by atoms with Crippen LogP contribution in [0.5, 0.6) is 0 Å². The summed E-state index contributed by atoms with van der Waals surface area (Å²) in [7, 11) is 0. The third kappa shape index (κ3) is 4.22. The Hall–Kier alpha value is -1.78. The smallest absolute Gasteiger partial charge is 0.415 e. The number of carbonyl (C=O) groups excluding carboxylic acids is 2. The Bertz CT molecular complexity index is 953. The number of ether oxygens (including phenoxy) is 1. The number of rotatable bonds is 6. The predicted octanol–water partition coefficient (Wildman–Crippen LogP) is 7.37. The number of urea groups is 1. The molecular formula is C31H48N2O3. The predicted molar refractivity (Wildman–Crippen MR) is 143 cm³/mol. The van der Waals surface area contributed by atoms with E-state index in [1.807, 2.05) is 0 Å². The van der Waals surface area contributed by atoms with E-state index in [-0.39, 0.29) is 6.10 Å². The lowest BCUT2D eigenvalue weighted by Gasteiger charge is -2.49. The van der Waals surface area contributed by atoms with Crippen molar-refractivity contribution in [3.8, 4) is 0 Å². The number of nitrogens with two attached hydrogens (primary N) is 1. The van der Waals surface area contributed by atoms with Gasteiger partial charge in [0.15, 0.2) is 0 Å². The van der Waals surface area contributed by atoms with Crippen LogP contribution in [0.4, 0.5) is 9.59 Å². The lowest BCUT2D eigenvalue weighted by atomic mass is 9.56. The number of allylic oxidation sites excluding steroid dienone is 3. The summed E-state index contributed by atoms with van der Waals surface area (Å²) in [6.45, 7) is 12.1. The maximum absolute atomic E-state index is 12.0. The van der Waals surface area contributed by atoms with E-state index in [1.165, 1.54) is 44.9 Å². The van der Waals surface area contributed by atoms with Crippen molar-refractivity contribution in [3.63, 3.8) is 0 Å². The van der Waals surface area contributed by atoms with Crippen LogP contribution >= 0.6 is 0 Å².